The molecule has 1 fully saturated rings. The van der Waals surface area contributed by atoms with Gasteiger partial charge in [0, 0.05) is 23.7 Å². The molecule has 2 aliphatic rings. The van der Waals surface area contributed by atoms with E-state index in [9.17, 15) is 19.2 Å². The van der Waals surface area contributed by atoms with Gasteiger partial charge in [0.15, 0.2) is 0 Å². The van der Waals surface area contributed by atoms with Crippen LogP contribution < -0.4 is 10.1 Å². The van der Waals surface area contributed by atoms with Crippen LogP contribution in [0.5, 0.6) is 5.75 Å². The van der Waals surface area contributed by atoms with Crippen molar-refractivity contribution in [2.75, 3.05) is 18.2 Å². The molecule has 1 aliphatic heterocycles. The maximum atomic E-state index is 13.3. The van der Waals surface area contributed by atoms with Crippen molar-refractivity contribution >= 4 is 34.9 Å². The number of aliphatic imine (C=N–C) groups is 1. The van der Waals surface area contributed by atoms with Gasteiger partial charge in [0.2, 0.25) is 5.91 Å². The number of rotatable bonds is 6. The summed E-state index contributed by atoms with van der Waals surface area (Å²) in [5.41, 5.74) is 2.24. The first-order chi connectivity index (χ1) is 16.7. The van der Waals surface area contributed by atoms with Gasteiger partial charge in [-0.25, -0.2) is 9.38 Å². The maximum Gasteiger partial charge on any atom is 0.234 e. The average molecular weight is 492 g/mol. The van der Waals surface area contributed by atoms with Gasteiger partial charge in [0.05, 0.1) is 30.4 Å². The summed E-state index contributed by atoms with van der Waals surface area (Å²) in [6.07, 6.45) is 1.06. The zero-order chi connectivity index (χ0) is 25.2. The summed E-state index contributed by atoms with van der Waals surface area (Å²) in [4.78, 5) is 30.6. The summed E-state index contributed by atoms with van der Waals surface area (Å²) in [5.74, 6) is -0.867. The molecule has 2 aromatic carbocycles. The van der Waals surface area contributed by atoms with Gasteiger partial charge in [-0.3, -0.25) is 9.59 Å². The van der Waals surface area contributed by atoms with Crippen LogP contribution in [0.2, 0.25) is 0 Å². The number of thioether (sulfide) groups is 1. The van der Waals surface area contributed by atoms with E-state index in [1.54, 1.807) is 7.11 Å². The Labute approximate surface area is 208 Å². The number of Topliss-reactive ketones (excluding diaryl/α,β-unsaturated/α-hetero) is 1. The Morgan fingerprint density at radius 1 is 1.17 bits per heavy atom. The van der Waals surface area contributed by atoms with Crippen molar-refractivity contribution in [1.82, 2.24) is 0 Å². The summed E-state index contributed by atoms with van der Waals surface area (Å²) in [6, 6.07) is 15.2. The maximum absolute atomic E-state index is 13.3. The molecule has 8 heteroatoms. The molecule has 35 heavy (non-hydrogen) atoms. The second-order valence-electron chi connectivity index (χ2n) is 9.49. The van der Waals surface area contributed by atoms with Gasteiger partial charge in [-0.15, -0.1) is 0 Å². The van der Waals surface area contributed by atoms with Crippen LogP contribution in [0.1, 0.15) is 38.2 Å². The Balaban J connectivity index is 1.65. The van der Waals surface area contributed by atoms with Gasteiger partial charge in [-0.1, -0.05) is 37.7 Å². The summed E-state index contributed by atoms with van der Waals surface area (Å²) in [6.45, 7) is 4.08. The van der Waals surface area contributed by atoms with Crippen LogP contribution in [0.4, 0.5) is 10.1 Å². The lowest BCUT2D eigenvalue weighted by atomic mass is 9.64. The molecular weight excluding hydrogens is 465 g/mol. The van der Waals surface area contributed by atoms with Crippen LogP contribution in [0.3, 0.4) is 0 Å². The van der Waals surface area contributed by atoms with Crippen LogP contribution in [-0.2, 0) is 9.59 Å². The standard InChI is InChI=1S/C27H26FN3O3S/c1-27(2)12-21-25(22(32)13-27)24(16-4-10-19(34-3)11-5-16)20(14-29)26(31-21)35-15-23(33)30-18-8-6-17(28)7-9-18/h4-11,24-25H,12-13,15H2,1-3H3,(H,30,33)/t24-,25?/m1/s1. The van der Waals surface area contributed by atoms with Crippen LogP contribution in [-0.4, -0.2) is 30.3 Å². The number of anilines is 1. The number of ether oxygens (including phenoxy) is 1. The molecule has 180 valence electrons. The van der Waals surface area contributed by atoms with E-state index in [1.807, 2.05) is 38.1 Å². The van der Waals surface area contributed by atoms with Gasteiger partial charge in [0.1, 0.15) is 22.4 Å². The van der Waals surface area contributed by atoms with E-state index in [4.69, 9.17) is 9.73 Å². The molecule has 0 spiro atoms. The van der Waals surface area contributed by atoms with Gasteiger partial charge >= 0.3 is 0 Å². The molecular formula is C27H26FN3O3S. The predicted molar refractivity (Wildman–Crippen MR) is 135 cm³/mol. The predicted octanol–water partition coefficient (Wildman–Crippen LogP) is 5.48. The molecule has 2 aromatic rings. The normalized spacial score (nSPS) is 21.0. The highest BCUT2D eigenvalue weighted by atomic mass is 32.2. The average Bonchev–Trinajstić information content (AvgIpc) is 2.82. The molecule has 1 aliphatic carbocycles. The number of nitriles is 1. The Hall–Kier alpha value is -3.44. The Morgan fingerprint density at radius 3 is 2.49 bits per heavy atom. The van der Waals surface area contributed by atoms with Crippen molar-refractivity contribution in [2.45, 2.75) is 32.6 Å². The monoisotopic (exact) mass is 491 g/mol. The van der Waals surface area contributed by atoms with E-state index in [0.29, 0.717) is 34.9 Å². The molecule has 0 aromatic heterocycles. The van der Waals surface area contributed by atoms with E-state index in [0.717, 1.165) is 11.3 Å². The lowest BCUT2D eigenvalue weighted by Gasteiger charge is -2.40. The largest absolute Gasteiger partial charge is 0.497 e. The van der Waals surface area contributed by atoms with E-state index >= 15 is 0 Å². The second kappa shape index (κ2) is 10.0. The number of hydrogen-bond acceptors (Lipinski definition) is 6. The van der Waals surface area contributed by atoms with Crippen molar-refractivity contribution in [3.8, 4) is 11.8 Å². The number of ketones is 1. The first-order valence-electron chi connectivity index (χ1n) is 11.3. The summed E-state index contributed by atoms with van der Waals surface area (Å²) in [5, 5.41) is 13.3. The minimum absolute atomic E-state index is 0.0198. The first-order valence-corrected chi connectivity index (χ1v) is 12.3. The molecule has 6 nitrogen and oxygen atoms in total. The summed E-state index contributed by atoms with van der Waals surface area (Å²) < 4.78 is 18.4. The summed E-state index contributed by atoms with van der Waals surface area (Å²) >= 11 is 1.17. The third-order valence-electron chi connectivity index (χ3n) is 6.20. The number of nitrogens with one attached hydrogen (secondary N) is 1. The lowest BCUT2D eigenvalue weighted by molar-refractivity contribution is -0.124. The number of benzene rings is 2. The molecule has 0 bridgehead atoms. The first kappa shape index (κ1) is 24.7. The van der Waals surface area contributed by atoms with Crippen molar-refractivity contribution in [3.05, 3.63) is 70.5 Å². The zero-order valence-electron chi connectivity index (χ0n) is 19.8. The molecule has 4 rings (SSSR count). The van der Waals surface area contributed by atoms with Gasteiger partial charge in [0.25, 0.3) is 0 Å². The molecule has 1 unspecified atom stereocenters. The zero-order valence-corrected chi connectivity index (χ0v) is 20.6. The molecule has 0 radical (unpaired) electrons. The van der Waals surface area contributed by atoms with Crippen molar-refractivity contribution in [3.63, 3.8) is 0 Å². The Bertz CT molecular complexity index is 1240. The molecule has 1 amide bonds. The number of fused-ring (bicyclic) bond motifs is 1. The lowest BCUT2D eigenvalue weighted by Crippen LogP contribution is -2.42. The third-order valence-corrected chi connectivity index (χ3v) is 7.19. The molecule has 0 saturated heterocycles. The van der Waals surface area contributed by atoms with E-state index in [2.05, 4.69) is 11.4 Å². The molecule has 1 N–H and O–H groups in total. The SMILES string of the molecule is COc1ccc([C@@H]2C(C#N)=C(SCC(=O)Nc3ccc(F)cc3)N=C3CC(C)(C)CC(=O)C32)cc1. The Morgan fingerprint density at radius 2 is 1.86 bits per heavy atom. The van der Waals surface area contributed by atoms with Crippen LogP contribution in [0.15, 0.2) is 64.1 Å². The van der Waals surface area contributed by atoms with Crippen LogP contribution >= 0.6 is 11.8 Å². The minimum Gasteiger partial charge on any atom is -0.497 e. The number of carbonyl (C=O) groups is 2. The van der Waals surface area contributed by atoms with E-state index in [1.165, 1.54) is 36.0 Å². The molecule has 1 heterocycles. The van der Waals surface area contributed by atoms with E-state index < -0.39 is 11.8 Å². The topological polar surface area (TPSA) is 91.5 Å². The van der Waals surface area contributed by atoms with E-state index in [-0.39, 0.29) is 28.7 Å². The van der Waals surface area contributed by atoms with Crippen molar-refractivity contribution in [2.24, 2.45) is 16.3 Å². The number of hydrogen-bond donors (Lipinski definition) is 1. The van der Waals surface area contributed by atoms with Crippen molar-refractivity contribution < 1.29 is 18.7 Å². The fourth-order valence-corrected chi connectivity index (χ4v) is 5.52. The smallest absolute Gasteiger partial charge is 0.234 e. The fraction of sp³-hybridized carbons (Fsp3) is 0.333. The number of amides is 1. The highest BCUT2D eigenvalue weighted by Crippen LogP contribution is 2.48. The molecule has 2 atom stereocenters. The third kappa shape index (κ3) is 5.46. The van der Waals surface area contributed by atoms with Crippen LogP contribution in [0.25, 0.3) is 0 Å². The highest BCUT2D eigenvalue weighted by molar-refractivity contribution is 8.03. The van der Waals surface area contributed by atoms with Crippen molar-refractivity contribution in [1.29, 1.82) is 5.26 Å². The number of nitrogens with zero attached hydrogens (tertiary/aromatic N) is 2. The second-order valence-corrected chi connectivity index (χ2v) is 10.5. The van der Waals surface area contributed by atoms with Gasteiger partial charge in [-0.05, 0) is 53.8 Å². The van der Waals surface area contributed by atoms with Gasteiger partial charge in [-0.2, -0.15) is 5.26 Å². The summed E-state index contributed by atoms with van der Waals surface area (Å²) in [7, 11) is 1.58. The van der Waals surface area contributed by atoms with Gasteiger partial charge < -0.3 is 10.1 Å². The Kier molecular flexibility index (Phi) is 7.08. The minimum atomic E-state index is -0.497. The number of carbonyl (C=O) groups excluding carboxylic acids is 2. The van der Waals surface area contributed by atoms with Crippen LogP contribution in [0, 0.1) is 28.5 Å². The molecule has 1 saturated carbocycles. The quantitative estimate of drug-likeness (QED) is 0.577. The number of allylic oxidation sites excluding steroid dienone is 1. The fourth-order valence-electron chi connectivity index (χ4n) is 4.67. The highest BCUT2D eigenvalue weighted by Gasteiger charge is 2.46. The number of methoxy groups -OCH3 is 1. The number of halogens is 1.